The molecular formula is C15H19NO2S. The van der Waals surface area contributed by atoms with Gasteiger partial charge < -0.3 is 4.90 Å². The summed E-state index contributed by atoms with van der Waals surface area (Å²) >= 11 is 1.51. The predicted molar refractivity (Wildman–Crippen MR) is 77.6 cm³/mol. The van der Waals surface area contributed by atoms with Gasteiger partial charge in [0.05, 0.1) is 5.75 Å². The normalized spacial score (nSPS) is 15.3. The van der Waals surface area contributed by atoms with Gasteiger partial charge in [-0.2, -0.15) is 0 Å². The highest BCUT2D eigenvalue weighted by Crippen LogP contribution is 2.20. The monoisotopic (exact) mass is 277 g/mol. The molecule has 1 amide bonds. The number of benzene rings is 1. The van der Waals surface area contributed by atoms with Crippen molar-refractivity contribution >= 4 is 23.5 Å². The van der Waals surface area contributed by atoms with E-state index in [4.69, 9.17) is 0 Å². The number of Topliss-reactive ketones (excluding diaryl/α,β-unsaturated/α-hetero) is 1. The quantitative estimate of drug-likeness (QED) is 0.627. The van der Waals surface area contributed by atoms with Crippen LogP contribution in [-0.4, -0.2) is 35.4 Å². The van der Waals surface area contributed by atoms with E-state index in [0.29, 0.717) is 11.3 Å². The highest BCUT2D eigenvalue weighted by molar-refractivity contribution is 8.00. The molecule has 4 heteroatoms. The van der Waals surface area contributed by atoms with E-state index in [0.717, 1.165) is 30.8 Å². The van der Waals surface area contributed by atoms with Crippen molar-refractivity contribution in [1.82, 2.24) is 4.90 Å². The van der Waals surface area contributed by atoms with E-state index >= 15 is 0 Å². The molecule has 1 saturated heterocycles. The van der Waals surface area contributed by atoms with Crippen molar-refractivity contribution in [1.29, 1.82) is 0 Å². The SMILES string of the molecule is CC(=O)c1cccc(SCC(=O)N2CCCCC2)c1. The van der Waals surface area contributed by atoms with E-state index in [1.165, 1.54) is 18.2 Å². The average molecular weight is 277 g/mol. The van der Waals surface area contributed by atoms with Crippen LogP contribution < -0.4 is 0 Å². The van der Waals surface area contributed by atoms with E-state index in [2.05, 4.69) is 0 Å². The van der Waals surface area contributed by atoms with Gasteiger partial charge in [-0.1, -0.05) is 12.1 Å². The lowest BCUT2D eigenvalue weighted by molar-refractivity contribution is -0.129. The van der Waals surface area contributed by atoms with Crippen LogP contribution in [0.15, 0.2) is 29.2 Å². The summed E-state index contributed by atoms with van der Waals surface area (Å²) in [5, 5.41) is 0. The zero-order chi connectivity index (χ0) is 13.7. The van der Waals surface area contributed by atoms with Gasteiger partial charge in [0.25, 0.3) is 0 Å². The lowest BCUT2D eigenvalue weighted by Gasteiger charge is -2.26. The number of hydrogen-bond donors (Lipinski definition) is 0. The van der Waals surface area contributed by atoms with Gasteiger partial charge in [0, 0.05) is 23.5 Å². The molecule has 0 unspecified atom stereocenters. The molecule has 1 aromatic rings. The van der Waals surface area contributed by atoms with Crippen molar-refractivity contribution in [2.24, 2.45) is 0 Å². The summed E-state index contributed by atoms with van der Waals surface area (Å²) < 4.78 is 0. The average Bonchev–Trinajstić information content (AvgIpc) is 2.46. The minimum atomic E-state index is 0.0600. The summed E-state index contributed by atoms with van der Waals surface area (Å²) in [5.74, 6) is 0.726. The smallest absolute Gasteiger partial charge is 0.232 e. The molecule has 0 aromatic heterocycles. The third kappa shape index (κ3) is 4.10. The Kier molecular flexibility index (Phi) is 5.02. The van der Waals surface area contributed by atoms with Crippen molar-refractivity contribution in [2.45, 2.75) is 31.1 Å². The molecule has 1 aliphatic heterocycles. The lowest BCUT2D eigenvalue weighted by Crippen LogP contribution is -2.36. The standard InChI is InChI=1S/C15H19NO2S/c1-12(17)13-6-5-7-14(10-13)19-11-15(18)16-8-3-2-4-9-16/h5-7,10H,2-4,8-9,11H2,1H3. The van der Waals surface area contributed by atoms with Crippen LogP contribution in [0.2, 0.25) is 0 Å². The molecular weight excluding hydrogens is 258 g/mol. The summed E-state index contributed by atoms with van der Waals surface area (Å²) in [6.07, 6.45) is 3.48. The molecule has 0 radical (unpaired) electrons. The van der Waals surface area contributed by atoms with Gasteiger partial charge in [-0.3, -0.25) is 9.59 Å². The van der Waals surface area contributed by atoms with Gasteiger partial charge in [0.1, 0.15) is 0 Å². The molecule has 0 atom stereocenters. The van der Waals surface area contributed by atoms with E-state index < -0.39 is 0 Å². The molecule has 1 aromatic carbocycles. The number of hydrogen-bond acceptors (Lipinski definition) is 3. The molecule has 0 bridgehead atoms. The van der Waals surface area contributed by atoms with E-state index in [-0.39, 0.29) is 11.7 Å². The Hall–Kier alpha value is -1.29. The van der Waals surface area contributed by atoms with Gasteiger partial charge in [0.15, 0.2) is 5.78 Å². The van der Waals surface area contributed by atoms with E-state index in [1.54, 1.807) is 13.0 Å². The summed E-state index contributed by atoms with van der Waals surface area (Å²) in [5.41, 5.74) is 0.704. The number of amides is 1. The summed E-state index contributed by atoms with van der Waals surface area (Å²) in [6, 6.07) is 7.47. The third-order valence-corrected chi connectivity index (χ3v) is 4.29. The van der Waals surface area contributed by atoms with Crippen LogP contribution in [0.4, 0.5) is 0 Å². The maximum atomic E-state index is 12.0. The van der Waals surface area contributed by atoms with Crippen LogP contribution >= 0.6 is 11.8 Å². The summed E-state index contributed by atoms with van der Waals surface area (Å²) in [4.78, 5) is 26.3. The second kappa shape index (κ2) is 6.75. The molecule has 102 valence electrons. The number of piperidine rings is 1. The van der Waals surface area contributed by atoms with Gasteiger partial charge in [0.2, 0.25) is 5.91 Å². The molecule has 1 aliphatic rings. The zero-order valence-corrected chi connectivity index (χ0v) is 12.0. The first-order chi connectivity index (χ1) is 9.16. The van der Waals surface area contributed by atoms with Crippen LogP contribution in [-0.2, 0) is 4.79 Å². The topological polar surface area (TPSA) is 37.4 Å². The van der Waals surface area contributed by atoms with Crippen molar-refractivity contribution in [3.63, 3.8) is 0 Å². The third-order valence-electron chi connectivity index (χ3n) is 3.31. The zero-order valence-electron chi connectivity index (χ0n) is 11.2. The molecule has 1 heterocycles. The first kappa shape index (κ1) is 14.1. The van der Waals surface area contributed by atoms with Gasteiger partial charge in [-0.25, -0.2) is 0 Å². The minimum Gasteiger partial charge on any atom is -0.342 e. The second-order valence-corrected chi connectivity index (χ2v) is 5.86. The van der Waals surface area contributed by atoms with Crippen LogP contribution in [0.25, 0.3) is 0 Å². The van der Waals surface area contributed by atoms with Crippen LogP contribution in [0, 0.1) is 0 Å². The number of ketones is 1. The molecule has 19 heavy (non-hydrogen) atoms. The number of thioether (sulfide) groups is 1. The number of nitrogens with zero attached hydrogens (tertiary/aromatic N) is 1. The Bertz CT molecular complexity index is 467. The Labute approximate surface area is 118 Å². The van der Waals surface area contributed by atoms with E-state index in [9.17, 15) is 9.59 Å². The number of rotatable bonds is 4. The predicted octanol–water partition coefficient (Wildman–Crippen LogP) is 2.99. The molecule has 0 saturated carbocycles. The van der Waals surface area contributed by atoms with Crippen LogP contribution in [0.3, 0.4) is 0 Å². The highest BCUT2D eigenvalue weighted by Gasteiger charge is 2.16. The number of likely N-dealkylation sites (tertiary alicyclic amines) is 1. The van der Waals surface area contributed by atoms with E-state index in [1.807, 2.05) is 23.1 Å². The molecule has 0 aliphatic carbocycles. The number of carbonyl (C=O) groups excluding carboxylic acids is 2. The van der Waals surface area contributed by atoms with Crippen LogP contribution in [0.5, 0.6) is 0 Å². The fourth-order valence-electron chi connectivity index (χ4n) is 2.18. The molecule has 0 spiro atoms. The first-order valence-corrected chi connectivity index (χ1v) is 7.67. The minimum absolute atomic E-state index is 0.0600. The Morgan fingerprint density at radius 2 is 1.95 bits per heavy atom. The first-order valence-electron chi connectivity index (χ1n) is 6.68. The van der Waals surface area contributed by atoms with Crippen LogP contribution in [0.1, 0.15) is 36.5 Å². The fraction of sp³-hybridized carbons (Fsp3) is 0.467. The Morgan fingerprint density at radius 1 is 1.21 bits per heavy atom. The van der Waals surface area contributed by atoms with Gasteiger partial charge in [-0.15, -0.1) is 11.8 Å². The maximum Gasteiger partial charge on any atom is 0.232 e. The fourth-order valence-corrected chi connectivity index (χ4v) is 3.04. The molecule has 3 nitrogen and oxygen atoms in total. The molecule has 2 rings (SSSR count). The lowest BCUT2D eigenvalue weighted by atomic mass is 10.1. The highest BCUT2D eigenvalue weighted by atomic mass is 32.2. The molecule has 1 fully saturated rings. The second-order valence-electron chi connectivity index (χ2n) is 4.81. The van der Waals surface area contributed by atoms with Crippen molar-refractivity contribution in [3.05, 3.63) is 29.8 Å². The van der Waals surface area contributed by atoms with Gasteiger partial charge in [-0.05, 0) is 38.3 Å². The Morgan fingerprint density at radius 3 is 2.63 bits per heavy atom. The number of carbonyl (C=O) groups is 2. The van der Waals surface area contributed by atoms with Crippen molar-refractivity contribution in [3.8, 4) is 0 Å². The Balaban J connectivity index is 1.89. The molecule has 0 N–H and O–H groups in total. The van der Waals surface area contributed by atoms with Gasteiger partial charge >= 0.3 is 0 Å². The summed E-state index contributed by atoms with van der Waals surface area (Å²) in [7, 11) is 0. The maximum absolute atomic E-state index is 12.0. The van der Waals surface area contributed by atoms with Crippen molar-refractivity contribution < 1.29 is 9.59 Å². The van der Waals surface area contributed by atoms with Crippen molar-refractivity contribution in [2.75, 3.05) is 18.8 Å². The summed E-state index contributed by atoms with van der Waals surface area (Å²) in [6.45, 7) is 3.35. The largest absolute Gasteiger partial charge is 0.342 e.